The van der Waals surface area contributed by atoms with E-state index < -0.39 is 11.6 Å². The minimum absolute atomic E-state index is 0.0469. The number of hydrogen-bond acceptors (Lipinski definition) is 4. The molecule has 1 aliphatic carbocycles. The molecule has 0 N–H and O–H groups in total. The van der Waals surface area contributed by atoms with E-state index in [0.717, 1.165) is 12.0 Å². The van der Waals surface area contributed by atoms with E-state index >= 15 is 0 Å². The number of methoxy groups -OCH3 is 1. The molecule has 0 radical (unpaired) electrons. The lowest BCUT2D eigenvalue weighted by Crippen LogP contribution is -2.30. The standard InChI is InChI=1S/C24H24O4/c1-15-8-10-18(14-20(15)27-2)24-23(26)22(25)19-11-9-17(13-21(19)28-24)12-16-6-4-3-5-7-16/h8-11,13-14,16H,1,3-7,12H2,2H3/b24-18-. The summed E-state index contributed by atoms with van der Waals surface area (Å²) in [7, 11) is 1.54. The van der Waals surface area contributed by atoms with E-state index in [2.05, 4.69) is 6.58 Å². The van der Waals surface area contributed by atoms with E-state index in [9.17, 15) is 9.59 Å². The van der Waals surface area contributed by atoms with Gasteiger partial charge in [0.2, 0.25) is 5.78 Å². The number of carbonyl (C=O) groups excluding carboxylic acids is 2. The van der Waals surface area contributed by atoms with Gasteiger partial charge in [-0.25, -0.2) is 0 Å². The Morgan fingerprint density at radius 2 is 1.82 bits per heavy atom. The predicted molar refractivity (Wildman–Crippen MR) is 108 cm³/mol. The van der Waals surface area contributed by atoms with Crippen LogP contribution in [0.4, 0.5) is 0 Å². The van der Waals surface area contributed by atoms with Gasteiger partial charge in [-0.2, -0.15) is 0 Å². The molecule has 2 aliphatic rings. The van der Waals surface area contributed by atoms with E-state index in [-0.39, 0.29) is 5.76 Å². The van der Waals surface area contributed by atoms with Crippen molar-refractivity contribution in [2.75, 3.05) is 7.11 Å². The average Bonchev–Trinajstić information content (AvgIpc) is 2.72. The van der Waals surface area contributed by atoms with Gasteiger partial charge in [-0.15, -0.1) is 0 Å². The molecule has 28 heavy (non-hydrogen) atoms. The lowest BCUT2D eigenvalue weighted by atomic mass is 9.84. The Bertz CT molecular complexity index is 1040. The van der Waals surface area contributed by atoms with Crippen LogP contribution in [0.2, 0.25) is 0 Å². The summed E-state index contributed by atoms with van der Waals surface area (Å²) in [5.41, 5.74) is 1.49. The van der Waals surface area contributed by atoms with Crippen LogP contribution in [0.15, 0.2) is 36.4 Å². The molecular weight excluding hydrogens is 352 g/mol. The molecule has 0 saturated heterocycles. The highest BCUT2D eigenvalue weighted by molar-refractivity contribution is 6.57. The summed E-state index contributed by atoms with van der Waals surface area (Å²) in [5.74, 6) is 0.580. The van der Waals surface area contributed by atoms with E-state index in [4.69, 9.17) is 9.47 Å². The summed E-state index contributed by atoms with van der Waals surface area (Å²) in [6.07, 6.45) is 7.41. The summed E-state index contributed by atoms with van der Waals surface area (Å²) in [4.78, 5) is 25.2. The second-order valence-electron chi connectivity index (χ2n) is 7.65. The fourth-order valence-electron chi connectivity index (χ4n) is 4.15. The minimum Gasteiger partial charge on any atom is -0.496 e. The zero-order valence-corrected chi connectivity index (χ0v) is 16.1. The molecule has 0 aromatic heterocycles. The van der Waals surface area contributed by atoms with Gasteiger partial charge in [0.25, 0.3) is 5.78 Å². The third-order valence-electron chi connectivity index (χ3n) is 5.71. The van der Waals surface area contributed by atoms with Gasteiger partial charge in [-0.1, -0.05) is 56.9 Å². The normalized spacial score (nSPS) is 19.2. The number of fused-ring (bicyclic) bond motifs is 1. The summed E-state index contributed by atoms with van der Waals surface area (Å²) < 4.78 is 11.2. The largest absolute Gasteiger partial charge is 0.496 e. The Balaban J connectivity index is 1.71. The van der Waals surface area contributed by atoms with Crippen LogP contribution in [0.5, 0.6) is 11.5 Å². The maximum absolute atomic E-state index is 12.6. The van der Waals surface area contributed by atoms with Gasteiger partial charge in [0.15, 0.2) is 5.76 Å². The van der Waals surface area contributed by atoms with E-state index in [1.165, 1.54) is 32.1 Å². The molecular formula is C24H24O4. The van der Waals surface area contributed by atoms with E-state index in [1.807, 2.05) is 12.1 Å². The molecule has 0 atom stereocenters. The first-order chi connectivity index (χ1) is 13.6. The number of ether oxygens (including phenoxy) is 2. The number of benzene rings is 2. The molecule has 0 bridgehead atoms. The summed E-state index contributed by atoms with van der Waals surface area (Å²) in [5, 5.41) is 1.22. The van der Waals surface area contributed by atoms with Crippen molar-refractivity contribution in [3.8, 4) is 11.5 Å². The third kappa shape index (κ3) is 3.47. The zero-order chi connectivity index (χ0) is 19.7. The lowest BCUT2D eigenvalue weighted by Gasteiger charge is -2.23. The summed E-state index contributed by atoms with van der Waals surface area (Å²) in [6, 6.07) is 10.7. The third-order valence-corrected chi connectivity index (χ3v) is 5.71. The van der Waals surface area contributed by atoms with Crippen molar-refractivity contribution >= 4 is 23.9 Å². The highest BCUT2D eigenvalue weighted by Gasteiger charge is 2.32. The molecule has 1 saturated carbocycles. The molecule has 1 aliphatic heterocycles. The second kappa shape index (κ2) is 7.63. The first-order valence-corrected chi connectivity index (χ1v) is 9.84. The number of Topliss-reactive ketones (excluding diaryl/α,β-unsaturated/α-hetero) is 2. The predicted octanol–water partition coefficient (Wildman–Crippen LogP) is 3.18. The molecule has 0 amide bonds. The zero-order valence-electron chi connectivity index (χ0n) is 16.1. The molecule has 2 aromatic carbocycles. The highest BCUT2D eigenvalue weighted by Crippen LogP contribution is 2.32. The monoisotopic (exact) mass is 376 g/mol. The molecule has 0 spiro atoms. The Hall–Kier alpha value is -2.88. The van der Waals surface area contributed by atoms with Gasteiger partial charge in [-0.05, 0) is 36.1 Å². The van der Waals surface area contributed by atoms with E-state index in [0.29, 0.717) is 33.4 Å². The van der Waals surface area contributed by atoms with Gasteiger partial charge < -0.3 is 9.47 Å². The van der Waals surface area contributed by atoms with Crippen molar-refractivity contribution in [2.45, 2.75) is 38.5 Å². The van der Waals surface area contributed by atoms with Crippen LogP contribution in [0.3, 0.4) is 0 Å². The van der Waals surface area contributed by atoms with Gasteiger partial charge in [-0.3, -0.25) is 9.59 Å². The van der Waals surface area contributed by atoms with Crippen molar-refractivity contribution in [2.24, 2.45) is 5.92 Å². The Kier molecular flexibility index (Phi) is 5.03. The van der Waals surface area contributed by atoms with Crippen LogP contribution < -0.4 is 19.9 Å². The van der Waals surface area contributed by atoms with Crippen LogP contribution in [0, 0.1) is 5.92 Å². The van der Waals surface area contributed by atoms with Crippen molar-refractivity contribution in [3.05, 3.63) is 58.0 Å². The average molecular weight is 376 g/mol. The van der Waals surface area contributed by atoms with Crippen molar-refractivity contribution in [3.63, 3.8) is 0 Å². The summed E-state index contributed by atoms with van der Waals surface area (Å²) >= 11 is 0. The van der Waals surface area contributed by atoms with Crippen molar-refractivity contribution in [1.29, 1.82) is 0 Å². The van der Waals surface area contributed by atoms with Gasteiger partial charge >= 0.3 is 0 Å². The van der Waals surface area contributed by atoms with Crippen molar-refractivity contribution < 1.29 is 19.1 Å². The van der Waals surface area contributed by atoms with Crippen molar-refractivity contribution in [1.82, 2.24) is 0 Å². The SMILES string of the molecule is C=c1cc/c(=C2/Oc3cc(CC4CCCCC4)ccc3C(=O)C2=O)cc1OC. The number of carbonyl (C=O) groups is 2. The number of rotatable bonds is 3. The van der Waals surface area contributed by atoms with E-state index in [1.54, 1.807) is 31.4 Å². The fraction of sp³-hybridized carbons (Fsp3) is 0.333. The van der Waals surface area contributed by atoms with Crippen LogP contribution in [0.25, 0.3) is 12.3 Å². The Morgan fingerprint density at radius 1 is 1.04 bits per heavy atom. The lowest BCUT2D eigenvalue weighted by molar-refractivity contribution is -0.111. The fourth-order valence-corrected chi connectivity index (χ4v) is 4.15. The van der Waals surface area contributed by atoms with Gasteiger partial charge in [0, 0.05) is 10.4 Å². The van der Waals surface area contributed by atoms with Crippen LogP contribution in [-0.2, 0) is 11.2 Å². The molecule has 144 valence electrons. The minimum atomic E-state index is -0.633. The smallest absolute Gasteiger partial charge is 0.269 e. The topological polar surface area (TPSA) is 52.6 Å². The van der Waals surface area contributed by atoms with Gasteiger partial charge in [0.05, 0.1) is 12.7 Å². The first kappa shape index (κ1) is 18.5. The second-order valence-corrected chi connectivity index (χ2v) is 7.65. The van der Waals surface area contributed by atoms with Crippen LogP contribution >= 0.6 is 0 Å². The molecule has 0 unspecified atom stereocenters. The number of ketones is 2. The number of hydrogen-bond donors (Lipinski definition) is 0. The van der Waals surface area contributed by atoms with Gasteiger partial charge in [0.1, 0.15) is 11.5 Å². The van der Waals surface area contributed by atoms with Crippen LogP contribution in [0.1, 0.15) is 48.0 Å². The molecule has 4 nitrogen and oxygen atoms in total. The highest BCUT2D eigenvalue weighted by atomic mass is 16.5. The molecule has 1 heterocycles. The molecule has 2 aromatic rings. The maximum atomic E-state index is 12.6. The first-order valence-electron chi connectivity index (χ1n) is 9.84. The quantitative estimate of drug-likeness (QED) is 0.772. The Morgan fingerprint density at radius 3 is 2.57 bits per heavy atom. The summed E-state index contributed by atoms with van der Waals surface area (Å²) in [6.45, 7) is 3.89. The Labute approximate surface area is 164 Å². The molecule has 4 rings (SSSR count). The molecule has 4 heteroatoms. The maximum Gasteiger partial charge on any atom is 0.269 e. The molecule has 1 fully saturated rings. The van der Waals surface area contributed by atoms with Crippen LogP contribution in [-0.4, -0.2) is 18.7 Å².